The van der Waals surface area contributed by atoms with Crippen molar-refractivity contribution < 1.29 is 0 Å². The Kier molecular flexibility index (Phi) is 3.91. The highest BCUT2D eigenvalue weighted by molar-refractivity contribution is 5.44. The molecule has 0 bridgehead atoms. The average Bonchev–Trinajstić information content (AvgIpc) is 3.31. The van der Waals surface area contributed by atoms with Gasteiger partial charge in [0.15, 0.2) is 5.82 Å². The third-order valence-electron chi connectivity index (χ3n) is 6.17. The molecule has 0 spiro atoms. The van der Waals surface area contributed by atoms with Crippen molar-refractivity contribution in [2.45, 2.75) is 38.6 Å². The lowest BCUT2D eigenvalue weighted by molar-refractivity contribution is 0.533. The summed E-state index contributed by atoms with van der Waals surface area (Å²) in [5.74, 6) is 3.18. The summed E-state index contributed by atoms with van der Waals surface area (Å²) >= 11 is 0. The highest BCUT2D eigenvalue weighted by Gasteiger charge is 2.42. The zero-order valence-electron chi connectivity index (χ0n) is 16.0. The third-order valence-corrected chi connectivity index (χ3v) is 6.17. The zero-order chi connectivity index (χ0) is 18.5. The van der Waals surface area contributed by atoms with Gasteiger partial charge in [-0.1, -0.05) is 13.8 Å². The molecule has 3 fully saturated rings. The Hall–Kier alpha value is -2.44. The molecule has 1 saturated carbocycles. The average molecular weight is 366 g/mol. The van der Waals surface area contributed by atoms with Gasteiger partial charge in [-0.25, -0.2) is 15.0 Å². The van der Waals surface area contributed by atoms with Gasteiger partial charge < -0.3 is 14.4 Å². The number of fused-ring (bicyclic) bond motifs is 1. The van der Waals surface area contributed by atoms with Crippen LogP contribution in [0.2, 0.25) is 0 Å². The van der Waals surface area contributed by atoms with Crippen molar-refractivity contribution in [2.24, 2.45) is 11.8 Å². The Balaban J connectivity index is 1.31. The third kappa shape index (κ3) is 2.99. The molecule has 2 saturated heterocycles. The van der Waals surface area contributed by atoms with Crippen molar-refractivity contribution in [1.29, 1.82) is 0 Å². The molecule has 2 aromatic heterocycles. The minimum Gasteiger partial charge on any atom is -0.356 e. The maximum Gasteiger partial charge on any atom is 0.293 e. The van der Waals surface area contributed by atoms with E-state index < -0.39 is 0 Å². The van der Waals surface area contributed by atoms with Crippen molar-refractivity contribution >= 4 is 11.6 Å². The molecule has 2 atom stereocenters. The van der Waals surface area contributed by atoms with E-state index in [9.17, 15) is 4.79 Å². The van der Waals surface area contributed by atoms with Crippen LogP contribution >= 0.6 is 0 Å². The number of rotatable bonds is 4. The fourth-order valence-electron chi connectivity index (χ4n) is 4.47. The zero-order valence-corrected chi connectivity index (χ0v) is 16.0. The Bertz CT molecular complexity index is 891. The van der Waals surface area contributed by atoms with Crippen LogP contribution in [0, 0.1) is 11.8 Å². The van der Waals surface area contributed by atoms with Gasteiger partial charge >= 0.3 is 0 Å². The second-order valence-electron chi connectivity index (χ2n) is 8.48. The lowest BCUT2D eigenvalue weighted by atomic mass is 10.0. The molecule has 0 N–H and O–H groups in total. The molecule has 7 nitrogen and oxygen atoms in total. The van der Waals surface area contributed by atoms with Gasteiger partial charge in [0.25, 0.3) is 5.56 Å². The van der Waals surface area contributed by atoms with Crippen LogP contribution in [0.4, 0.5) is 11.6 Å². The van der Waals surface area contributed by atoms with Gasteiger partial charge in [-0.2, -0.15) is 0 Å². The molecule has 0 amide bonds. The van der Waals surface area contributed by atoms with Crippen molar-refractivity contribution in [2.75, 3.05) is 36.0 Å². The van der Waals surface area contributed by atoms with Crippen molar-refractivity contribution in [3.8, 4) is 0 Å². The monoisotopic (exact) mass is 366 g/mol. The maximum absolute atomic E-state index is 12.8. The molecule has 27 heavy (non-hydrogen) atoms. The number of nitrogens with zero attached hydrogens (tertiary/aromatic N) is 6. The van der Waals surface area contributed by atoms with Crippen LogP contribution in [-0.2, 0) is 0 Å². The molecule has 142 valence electrons. The van der Waals surface area contributed by atoms with Crippen LogP contribution in [0.5, 0.6) is 0 Å². The first-order chi connectivity index (χ1) is 13.1. The Morgan fingerprint density at radius 3 is 2.37 bits per heavy atom. The SMILES string of the molecule is CC(C)c1cc(N2CC3CN(c4nccn(C5CC5)c4=O)CC3C2)ncn1. The predicted molar refractivity (Wildman–Crippen MR) is 104 cm³/mol. The van der Waals surface area contributed by atoms with E-state index in [0.29, 0.717) is 29.6 Å². The second-order valence-corrected chi connectivity index (χ2v) is 8.48. The molecule has 1 aliphatic carbocycles. The summed E-state index contributed by atoms with van der Waals surface area (Å²) in [6.45, 7) is 8.09. The summed E-state index contributed by atoms with van der Waals surface area (Å²) < 4.78 is 1.87. The summed E-state index contributed by atoms with van der Waals surface area (Å²) in [6, 6.07) is 2.51. The van der Waals surface area contributed by atoms with Crippen LogP contribution in [-0.4, -0.2) is 45.7 Å². The van der Waals surface area contributed by atoms with Crippen molar-refractivity contribution in [3.63, 3.8) is 0 Å². The molecule has 0 radical (unpaired) electrons. The normalized spacial score (nSPS) is 24.7. The predicted octanol–water partition coefficient (Wildman–Crippen LogP) is 2.06. The first-order valence-electron chi connectivity index (χ1n) is 9.99. The summed E-state index contributed by atoms with van der Waals surface area (Å²) in [5, 5.41) is 0. The number of hydrogen-bond acceptors (Lipinski definition) is 6. The van der Waals surface area contributed by atoms with Crippen molar-refractivity contribution in [1.82, 2.24) is 19.5 Å². The van der Waals surface area contributed by atoms with Gasteiger partial charge in [0.2, 0.25) is 0 Å². The van der Waals surface area contributed by atoms with Crippen LogP contribution in [0.15, 0.2) is 29.6 Å². The molecule has 2 aliphatic heterocycles. The fraction of sp³-hybridized carbons (Fsp3) is 0.600. The molecule has 5 rings (SSSR count). The molecular weight excluding hydrogens is 340 g/mol. The van der Waals surface area contributed by atoms with E-state index in [1.54, 1.807) is 12.5 Å². The van der Waals surface area contributed by atoms with Crippen LogP contribution in [0.3, 0.4) is 0 Å². The topological polar surface area (TPSA) is 67.2 Å². The Morgan fingerprint density at radius 1 is 1.00 bits per heavy atom. The molecule has 7 heteroatoms. The Labute approximate surface area is 159 Å². The number of aromatic nitrogens is 4. The maximum atomic E-state index is 12.8. The van der Waals surface area contributed by atoms with E-state index in [2.05, 4.69) is 44.7 Å². The molecule has 3 aliphatic rings. The van der Waals surface area contributed by atoms with Gasteiger partial charge in [-0.15, -0.1) is 0 Å². The molecule has 2 unspecified atom stereocenters. The second kappa shape index (κ2) is 6.32. The first kappa shape index (κ1) is 16.7. The van der Waals surface area contributed by atoms with Gasteiger partial charge in [-0.05, 0) is 18.8 Å². The quantitative estimate of drug-likeness (QED) is 0.825. The van der Waals surface area contributed by atoms with E-state index in [1.165, 1.54) is 0 Å². The lowest BCUT2D eigenvalue weighted by Crippen LogP contribution is -2.34. The van der Waals surface area contributed by atoms with Crippen LogP contribution in [0.1, 0.15) is 44.3 Å². The molecular formula is C20H26N6O. The van der Waals surface area contributed by atoms with E-state index in [-0.39, 0.29) is 5.56 Å². The largest absolute Gasteiger partial charge is 0.356 e. The molecule has 2 aromatic rings. The first-order valence-corrected chi connectivity index (χ1v) is 9.99. The summed E-state index contributed by atoms with van der Waals surface area (Å²) in [7, 11) is 0. The van der Waals surface area contributed by atoms with E-state index in [1.807, 2.05) is 10.8 Å². The molecule has 0 aromatic carbocycles. The highest BCUT2D eigenvalue weighted by atomic mass is 16.1. The highest BCUT2D eigenvalue weighted by Crippen LogP contribution is 2.36. The standard InChI is InChI=1S/C20H26N6O/c1-13(2)17-7-18(23-12-22-17)24-8-14-10-25(11-15(14)9-24)19-20(27)26(6-5-21-19)16-3-4-16/h5-7,12-16H,3-4,8-11H2,1-2H3. The lowest BCUT2D eigenvalue weighted by Gasteiger charge is -2.23. The summed E-state index contributed by atoms with van der Waals surface area (Å²) in [4.78, 5) is 30.7. The molecule has 4 heterocycles. The van der Waals surface area contributed by atoms with Gasteiger partial charge in [0.1, 0.15) is 12.1 Å². The van der Waals surface area contributed by atoms with Gasteiger partial charge in [-0.3, -0.25) is 4.79 Å². The van der Waals surface area contributed by atoms with Gasteiger partial charge in [0.05, 0.1) is 0 Å². The van der Waals surface area contributed by atoms with E-state index >= 15 is 0 Å². The summed E-state index contributed by atoms with van der Waals surface area (Å²) in [6.07, 6.45) is 7.52. The minimum absolute atomic E-state index is 0.0780. The summed E-state index contributed by atoms with van der Waals surface area (Å²) in [5.41, 5.74) is 1.17. The van der Waals surface area contributed by atoms with Crippen LogP contribution in [0.25, 0.3) is 0 Å². The van der Waals surface area contributed by atoms with Crippen molar-refractivity contribution in [3.05, 3.63) is 40.8 Å². The number of hydrogen-bond donors (Lipinski definition) is 0. The van der Waals surface area contributed by atoms with E-state index in [0.717, 1.165) is 50.5 Å². The van der Waals surface area contributed by atoms with Gasteiger partial charge in [0, 0.05) is 68.2 Å². The number of anilines is 2. The van der Waals surface area contributed by atoms with E-state index in [4.69, 9.17) is 0 Å². The van der Waals surface area contributed by atoms with Crippen LogP contribution < -0.4 is 15.4 Å². The minimum atomic E-state index is 0.0780. The Morgan fingerprint density at radius 2 is 1.70 bits per heavy atom. The smallest absolute Gasteiger partial charge is 0.293 e. The fourth-order valence-corrected chi connectivity index (χ4v) is 4.47.